The highest BCUT2D eigenvalue weighted by molar-refractivity contribution is 5.49. The first kappa shape index (κ1) is 17.5. The van der Waals surface area contributed by atoms with Gasteiger partial charge in [-0.05, 0) is 72.9 Å². The third kappa shape index (κ3) is 2.71. The third-order valence-electron chi connectivity index (χ3n) is 7.11. The Bertz CT molecular complexity index is 750. The van der Waals surface area contributed by atoms with Gasteiger partial charge in [0.2, 0.25) is 0 Å². The molecule has 2 heteroatoms. The lowest BCUT2D eigenvalue weighted by Gasteiger charge is -2.40. The lowest BCUT2D eigenvalue weighted by molar-refractivity contribution is 0.254. The number of phenols is 2. The zero-order chi connectivity index (χ0) is 18.3. The van der Waals surface area contributed by atoms with Crippen LogP contribution in [0.5, 0.6) is 11.5 Å². The molecule has 2 saturated carbocycles. The topological polar surface area (TPSA) is 40.5 Å². The first-order valence-electron chi connectivity index (χ1n) is 10.1. The van der Waals surface area contributed by atoms with Crippen molar-refractivity contribution in [1.29, 1.82) is 0 Å². The number of benzene rings is 2. The molecular formula is C24H30O2. The van der Waals surface area contributed by atoms with E-state index >= 15 is 0 Å². The molecule has 0 amide bonds. The smallest absolute Gasteiger partial charge is 0.118 e. The van der Waals surface area contributed by atoms with E-state index in [1.165, 1.54) is 49.7 Å². The molecule has 0 aliphatic heterocycles. The molecule has 0 radical (unpaired) electrons. The van der Waals surface area contributed by atoms with Gasteiger partial charge in [0.15, 0.2) is 0 Å². The summed E-state index contributed by atoms with van der Waals surface area (Å²) in [6, 6.07) is 12.4. The Morgan fingerprint density at radius 2 is 1.31 bits per heavy atom. The molecule has 0 heterocycles. The van der Waals surface area contributed by atoms with E-state index in [4.69, 9.17) is 0 Å². The molecule has 2 aliphatic carbocycles. The van der Waals surface area contributed by atoms with Crippen molar-refractivity contribution >= 4 is 0 Å². The van der Waals surface area contributed by atoms with Crippen LogP contribution in [-0.2, 0) is 5.41 Å². The molecule has 2 aromatic carbocycles. The van der Waals surface area contributed by atoms with Gasteiger partial charge in [0.05, 0.1) is 0 Å². The monoisotopic (exact) mass is 350 g/mol. The van der Waals surface area contributed by atoms with Crippen molar-refractivity contribution in [3.8, 4) is 11.5 Å². The van der Waals surface area contributed by atoms with E-state index in [0.29, 0.717) is 17.4 Å². The molecule has 2 nitrogen and oxygen atoms in total. The molecule has 2 aliphatic rings. The second-order valence-electron chi connectivity index (χ2n) is 8.52. The third-order valence-corrected chi connectivity index (χ3v) is 7.11. The van der Waals surface area contributed by atoms with E-state index in [1.807, 2.05) is 26.0 Å². The fraction of sp³-hybridized carbons (Fsp3) is 0.500. The Hall–Kier alpha value is -1.96. The van der Waals surface area contributed by atoms with Gasteiger partial charge in [-0.2, -0.15) is 0 Å². The maximum atomic E-state index is 10.1. The van der Waals surface area contributed by atoms with E-state index in [2.05, 4.69) is 24.3 Å². The van der Waals surface area contributed by atoms with Gasteiger partial charge in [0, 0.05) is 5.41 Å². The van der Waals surface area contributed by atoms with Crippen molar-refractivity contribution in [2.75, 3.05) is 0 Å². The Kier molecular flexibility index (Phi) is 4.46. The summed E-state index contributed by atoms with van der Waals surface area (Å²) in [5.74, 6) is 2.20. The van der Waals surface area contributed by atoms with Gasteiger partial charge >= 0.3 is 0 Å². The largest absolute Gasteiger partial charge is 0.508 e. The lowest BCUT2D eigenvalue weighted by atomic mass is 9.63. The zero-order valence-electron chi connectivity index (χ0n) is 16.0. The highest BCUT2D eigenvalue weighted by atomic mass is 16.3. The molecular weight excluding hydrogens is 320 g/mol. The molecule has 2 fully saturated rings. The fourth-order valence-electron chi connectivity index (χ4n) is 5.78. The highest BCUT2D eigenvalue weighted by Crippen LogP contribution is 2.56. The van der Waals surface area contributed by atoms with Crippen LogP contribution in [0.1, 0.15) is 67.2 Å². The minimum Gasteiger partial charge on any atom is -0.508 e. The van der Waals surface area contributed by atoms with E-state index in [-0.39, 0.29) is 5.41 Å². The van der Waals surface area contributed by atoms with Crippen molar-refractivity contribution in [3.63, 3.8) is 0 Å². The normalized spacial score (nSPS) is 22.8. The Morgan fingerprint density at radius 1 is 0.769 bits per heavy atom. The van der Waals surface area contributed by atoms with Crippen molar-refractivity contribution in [2.45, 2.75) is 64.2 Å². The van der Waals surface area contributed by atoms with Gasteiger partial charge in [0.1, 0.15) is 11.5 Å². The number of phenolic OH excluding ortho intramolecular Hbond substituents is 2. The number of aromatic hydroxyl groups is 2. The van der Waals surface area contributed by atoms with E-state index in [9.17, 15) is 10.2 Å². The summed E-state index contributed by atoms with van der Waals surface area (Å²) in [6.07, 6.45) is 9.11. The quantitative estimate of drug-likeness (QED) is 0.713. The summed E-state index contributed by atoms with van der Waals surface area (Å²) in [5, 5.41) is 20.1. The highest BCUT2D eigenvalue weighted by Gasteiger charge is 2.49. The van der Waals surface area contributed by atoms with E-state index < -0.39 is 0 Å². The first-order valence-corrected chi connectivity index (χ1v) is 10.1. The molecule has 2 N–H and O–H groups in total. The summed E-state index contributed by atoms with van der Waals surface area (Å²) in [4.78, 5) is 0. The first-order chi connectivity index (χ1) is 12.5. The summed E-state index contributed by atoms with van der Waals surface area (Å²) >= 11 is 0. The molecule has 1 unspecified atom stereocenters. The van der Waals surface area contributed by atoms with Crippen molar-refractivity contribution in [1.82, 2.24) is 0 Å². The van der Waals surface area contributed by atoms with E-state index in [0.717, 1.165) is 23.5 Å². The van der Waals surface area contributed by atoms with Gasteiger partial charge in [-0.1, -0.05) is 56.4 Å². The van der Waals surface area contributed by atoms with Crippen molar-refractivity contribution in [3.05, 3.63) is 58.7 Å². The van der Waals surface area contributed by atoms with E-state index in [1.54, 1.807) is 0 Å². The molecule has 0 spiro atoms. The predicted octanol–water partition coefficient (Wildman–Crippen LogP) is 5.99. The van der Waals surface area contributed by atoms with Crippen LogP contribution in [0.4, 0.5) is 0 Å². The fourth-order valence-corrected chi connectivity index (χ4v) is 5.78. The molecule has 0 aromatic heterocycles. The van der Waals surface area contributed by atoms with Crippen LogP contribution in [0.3, 0.4) is 0 Å². The van der Waals surface area contributed by atoms with Crippen molar-refractivity contribution < 1.29 is 10.2 Å². The maximum absolute atomic E-state index is 10.1. The molecule has 1 atom stereocenters. The van der Waals surface area contributed by atoms with Crippen LogP contribution >= 0.6 is 0 Å². The molecule has 2 aromatic rings. The molecule has 138 valence electrons. The Morgan fingerprint density at radius 3 is 1.81 bits per heavy atom. The average molecular weight is 351 g/mol. The summed E-state index contributed by atoms with van der Waals surface area (Å²) in [5.41, 5.74) is 4.59. The molecule has 26 heavy (non-hydrogen) atoms. The number of hydrogen-bond acceptors (Lipinski definition) is 2. The van der Waals surface area contributed by atoms with Crippen molar-refractivity contribution in [2.24, 2.45) is 11.8 Å². The Balaban J connectivity index is 1.90. The number of rotatable bonds is 3. The van der Waals surface area contributed by atoms with Crippen LogP contribution < -0.4 is 0 Å². The summed E-state index contributed by atoms with van der Waals surface area (Å²) in [7, 11) is 0. The number of aryl methyl sites for hydroxylation is 2. The van der Waals surface area contributed by atoms with Crippen LogP contribution in [0.2, 0.25) is 0 Å². The minimum atomic E-state index is 0.00588. The zero-order valence-corrected chi connectivity index (χ0v) is 16.0. The SMILES string of the molecule is Cc1cc(C2(c3ccc(O)c(C)c3)CCCC2C2CCCC2)ccc1O. The van der Waals surface area contributed by atoms with Crippen LogP contribution in [-0.4, -0.2) is 10.2 Å². The van der Waals surface area contributed by atoms with Crippen LogP contribution in [0.25, 0.3) is 0 Å². The summed E-state index contributed by atoms with van der Waals surface area (Å²) < 4.78 is 0. The molecule has 0 bridgehead atoms. The van der Waals surface area contributed by atoms with Gasteiger partial charge in [-0.15, -0.1) is 0 Å². The minimum absolute atomic E-state index is 0.00588. The van der Waals surface area contributed by atoms with Crippen LogP contribution in [0.15, 0.2) is 36.4 Å². The van der Waals surface area contributed by atoms with Crippen LogP contribution in [0, 0.1) is 25.7 Å². The second kappa shape index (κ2) is 6.64. The number of hydrogen-bond donors (Lipinski definition) is 2. The average Bonchev–Trinajstić information content (AvgIpc) is 3.29. The Labute approximate surface area is 156 Å². The van der Waals surface area contributed by atoms with Gasteiger partial charge in [0.25, 0.3) is 0 Å². The predicted molar refractivity (Wildman–Crippen MR) is 106 cm³/mol. The van der Waals surface area contributed by atoms with Gasteiger partial charge in [-0.25, -0.2) is 0 Å². The maximum Gasteiger partial charge on any atom is 0.118 e. The molecule has 0 saturated heterocycles. The van der Waals surface area contributed by atoms with Gasteiger partial charge < -0.3 is 10.2 Å². The summed E-state index contributed by atoms with van der Waals surface area (Å²) in [6.45, 7) is 3.99. The standard InChI is InChI=1S/C24H30O2/c1-16-14-19(9-11-22(16)25)24(20-10-12-23(26)17(2)15-20)13-5-8-21(24)18-6-3-4-7-18/h9-12,14-15,18,21,25-26H,3-8,13H2,1-2H3. The second-order valence-corrected chi connectivity index (χ2v) is 8.52. The molecule has 4 rings (SSSR count). The van der Waals surface area contributed by atoms with Gasteiger partial charge in [-0.3, -0.25) is 0 Å². The lowest BCUT2D eigenvalue weighted by Crippen LogP contribution is -2.36.